The molecule has 0 saturated heterocycles. The lowest BCUT2D eigenvalue weighted by atomic mass is 10.0. The van der Waals surface area contributed by atoms with Gasteiger partial charge in [0, 0.05) is 6.54 Å². The van der Waals surface area contributed by atoms with Gasteiger partial charge in [-0.05, 0) is 29.9 Å². The molecule has 0 aliphatic rings. The summed E-state index contributed by atoms with van der Waals surface area (Å²) in [6.45, 7) is -0.0291. The largest absolute Gasteiger partial charge is 0.389 e. The molecule has 1 aromatic carbocycles. The van der Waals surface area contributed by atoms with E-state index in [1.54, 1.807) is 12.1 Å². The quantitative estimate of drug-likeness (QED) is 0.564. The van der Waals surface area contributed by atoms with Crippen LogP contribution in [0.3, 0.4) is 0 Å². The van der Waals surface area contributed by atoms with Gasteiger partial charge in [-0.1, -0.05) is 17.7 Å². The van der Waals surface area contributed by atoms with E-state index in [1.165, 1.54) is 6.07 Å². The standard InChI is InChI=1S/C10H11ClN2O2S/c11-7-3-6(10(15)9(14)4-12)1-2-8(7)13-5-16/h1-3,9-10,14-15H,4,12H2. The Bertz CT molecular complexity index is 421. The average Bonchev–Trinajstić information content (AvgIpc) is 2.30. The fraction of sp³-hybridized carbons (Fsp3) is 0.300. The molecule has 0 fully saturated rings. The smallest absolute Gasteiger partial charge is 0.106 e. The third-order valence-corrected chi connectivity index (χ3v) is 2.48. The highest BCUT2D eigenvalue weighted by atomic mass is 35.5. The number of aliphatic hydroxyl groups is 2. The minimum Gasteiger partial charge on any atom is -0.389 e. The second-order valence-corrected chi connectivity index (χ2v) is 3.75. The first-order valence-electron chi connectivity index (χ1n) is 4.53. The number of isothiocyanates is 1. The summed E-state index contributed by atoms with van der Waals surface area (Å²) in [4.78, 5) is 3.74. The van der Waals surface area contributed by atoms with Crippen molar-refractivity contribution < 1.29 is 10.2 Å². The van der Waals surface area contributed by atoms with Crippen molar-refractivity contribution in [2.45, 2.75) is 12.2 Å². The van der Waals surface area contributed by atoms with Crippen molar-refractivity contribution in [1.82, 2.24) is 0 Å². The molecule has 0 heterocycles. The molecule has 86 valence electrons. The van der Waals surface area contributed by atoms with Crippen LogP contribution < -0.4 is 5.73 Å². The summed E-state index contributed by atoms with van der Waals surface area (Å²) in [5, 5.41) is 21.6. The van der Waals surface area contributed by atoms with E-state index in [0.717, 1.165) is 0 Å². The van der Waals surface area contributed by atoms with Crippen LogP contribution in [0.15, 0.2) is 23.2 Å². The molecule has 0 amide bonds. The first-order chi connectivity index (χ1) is 7.60. The van der Waals surface area contributed by atoms with Crippen LogP contribution in [-0.2, 0) is 0 Å². The maximum atomic E-state index is 9.68. The van der Waals surface area contributed by atoms with Gasteiger partial charge in [-0.25, -0.2) is 0 Å². The van der Waals surface area contributed by atoms with E-state index in [1.807, 2.05) is 0 Å². The number of rotatable bonds is 4. The van der Waals surface area contributed by atoms with E-state index in [2.05, 4.69) is 22.4 Å². The van der Waals surface area contributed by atoms with E-state index in [4.69, 9.17) is 17.3 Å². The molecule has 4 nitrogen and oxygen atoms in total. The highest BCUT2D eigenvalue weighted by Gasteiger charge is 2.17. The van der Waals surface area contributed by atoms with Crippen LogP contribution in [-0.4, -0.2) is 28.0 Å². The van der Waals surface area contributed by atoms with Crippen molar-refractivity contribution in [3.63, 3.8) is 0 Å². The van der Waals surface area contributed by atoms with Crippen molar-refractivity contribution in [1.29, 1.82) is 0 Å². The number of hydrogen-bond acceptors (Lipinski definition) is 5. The SMILES string of the molecule is NCC(O)C(O)c1ccc(N=C=S)c(Cl)c1. The topological polar surface area (TPSA) is 78.8 Å². The number of hydrogen-bond donors (Lipinski definition) is 3. The lowest BCUT2D eigenvalue weighted by molar-refractivity contribution is 0.0243. The Balaban J connectivity index is 3.01. The molecule has 0 radical (unpaired) electrons. The van der Waals surface area contributed by atoms with Crippen LogP contribution in [0.25, 0.3) is 0 Å². The Morgan fingerprint density at radius 3 is 2.69 bits per heavy atom. The summed E-state index contributed by atoms with van der Waals surface area (Å²) < 4.78 is 0. The van der Waals surface area contributed by atoms with Crippen LogP contribution in [0.1, 0.15) is 11.7 Å². The van der Waals surface area contributed by atoms with Crippen molar-refractivity contribution in [2.24, 2.45) is 10.7 Å². The van der Waals surface area contributed by atoms with E-state index < -0.39 is 12.2 Å². The van der Waals surface area contributed by atoms with E-state index in [0.29, 0.717) is 16.3 Å². The van der Waals surface area contributed by atoms with Gasteiger partial charge in [-0.3, -0.25) is 0 Å². The summed E-state index contributed by atoms with van der Waals surface area (Å²) in [5.74, 6) is 0. The molecule has 0 bridgehead atoms. The van der Waals surface area contributed by atoms with Gasteiger partial charge >= 0.3 is 0 Å². The van der Waals surface area contributed by atoms with Gasteiger partial charge < -0.3 is 15.9 Å². The lowest BCUT2D eigenvalue weighted by Crippen LogP contribution is -2.27. The molecule has 2 atom stereocenters. The Morgan fingerprint density at radius 2 is 2.19 bits per heavy atom. The molecule has 0 aromatic heterocycles. The maximum absolute atomic E-state index is 9.68. The second kappa shape index (κ2) is 6.06. The highest BCUT2D eigenvalue weighted by molar-refractivity contribution is 7.78. The Morgan fingerprint density at radius 1 is 1.50 bits per heavy atom. The molecule has 0 aliphatic heterocycles. The number of thiocarbonyl (C=S) groups is 1. The van der Waals surface area contributed by atoms with Crippen LogP contribution in [0, 0.1) is 0 Å². The van der Waals surface area contributed by atoms with Crippen molar-refractivity contribution >= 4 is 34.7 Å². The lowest BCUT2D eigenvalue weighted by Gasteiger charge is -2.16. The van der Waals surface area contributed by atoms with E-state index in [9.17, 15) is 10.2 Å². The third kappa shape index (κ3) is 3.09. The van der Waals surface area contributed by atoms with Gasteiger partial charge in [-0.15, -0.1) is 0 Å². The number of halogens is 1. The molecule has 0 saturated carbocycles. The van der Waals surface area contributed by atoms with Gasteiger partial charge in [0.05, 0.1) is 22.0 Å². The zero-order chi connectivity index (χ0) is 12.1. The van der Waals surface area contributed by atoms with Gasteiger partial charge in [0.1, 0.15) is 6.10 Å². The number of nitrogens with zero attached hydrogens (tertiary/aromatic N) is 1. The Labute approximate surface area is 103 Å². The average molecular weight is 259 g/mol. The number of benzene rings is 1. The van der Waals surface area contributed by atoms with Gasteiger partial charge in [0.2, 0.25) is 0 Å². The minimum atomic E-state index is -1.06. The van der Waals surface area contributed by atoms with Crippen molar-refractivity contribution in [3.8, 4) is 0 Å². The van der Waals surface area contributed by atoms with Gasteiger partial charge in [0.25, 0.3) is 0 Å². The zero-order valence-electron chi connectivity index (χ0n) is 8.30. The second-order valence-electron chi connectivity index (χ2n) is 3.16. The number of aliphatic hydroxyl groups excluding tert-OH is 2. The van der Waals surface area contributed by atoms with Crippen molar-refractivity contribution in [2.75, 3.05) is 6.54 Å². The van der Waals surface area contributed by atoms with Crippen LogP contribution in [0.5, 0.6) is 0 Å². The molecule has 2 unspecified atom stereocenters. The summed E-state index contributed by atoms with van der Waals surface area (Å²) in [6, 6.07) is 4.70. The first-order valence-corrected chi connectivity index (χ1v) is 5.32. The molecular weight excluding hydrogens is 248 g/mol. The predicted octanol–water partition coefficient (Wildman–Crippen LogP) is 1.43. The summed E-state index contributed by atoms with van der Waals surface area (Å²) in [7, 11) is 0. The van der Waals surface area contributed by atoms with Gasteiger partial charge in [0.15, 0.2) is 0 Å². The van der Waals surface area contributed by atoms with Crippen LogP contribution in [0.4, 0.5) is 5.69 Å². The fourth-order valence-electron chi connectivity index (χ4n) is 1.20. The van der Waals surface area contributed by atoms with E-state index in [-0.39, 0.29) is 6.54 Å². The molecule has 0 spiro atoms. The van der Waals surface area contributed by atoms with Gasteiger partial charge in [-0.2, -0.15) is 4.99 Å². The molecule has 16 heavy (non-hydrogen) atoms. The van der Waals surface area contributed by atoms with Crippen LogP contribution in [0.2, 0.25) is 5.02 Å². The molecular formula is C10H11ClN2O2S. The Hall–Kier alpha value is -0.810. The molecule has 0 aliphatic carbocycles. The van der Waals surface area contributed by atoms with Crippen LogP contribution >= 0.6 is 23.8 Å². The Kier molecular flexibility index (Phi) is 5.02. The molecule has 1 aromatic rings. The monoisotopic (exact) mass is 258 g/mol. The first kappa shape index (κ1) is 13.3. The fourth-order valence-corrected chi connectivity index (χ4v) is 1.53. The zero-order valence-corrected chi connectivity index (χ0v) is 9.87. The predicted molar refractivity (Wildman–Crippen MR) is 66.2 cm³/mol. The minimum absolute atomic E-state index is 0.0291. The summed E-state index contributed by atoms with van der Waals surface area (Å²) in [5.41, 5.74) is 6.19. The molecule has 4 N–H and O–H groups in total. The summed E-state index contributed by atoms with van der Waals surface area (Å²) in [6.07, 6.45) is -2.08. The normalized spacial score (nSPS) is 14.0. The molecule has 6 heteroatoms. The highest BCUT2D eigenvalue weighted by Crippen LogP contribution is 2.28. The number of aliphatic imine (C=N–C) groups is 1. The molecule has 1 rings (SSSR count). The third-order valence-electron chi connectivity index (χ3n) is 2.09. The van der Waals surface area contributed by atoms with Crippen molar-refractivity contribution in [3.05, 3.63) is 28.8 Å². The summed E-state index contributed by atoms with van der Waals surface area (Å²) >= 11 is 10.4. The maximum Gasteiger partial charge on any atom is 0.106 e. The van der Waals surface area contributed by atoms with E-state index >= 15 is 0 Å². The number of nitrogens with two attached hydrogens (primary N) is 1.